The highest BCUT2D eigenvalue weighted by molar-refractivity contribution is 7.99. The van der Waals surface area contributed by atoms with E-state index in [0.717, 1.165) is 29.1 Å². The summed E-state index contributed by atoms with van der Waals surface area (Å²) < 4.78 is 7.34. The molecule has 3 rings (SSSR count). The topological polar surface area (TPSA) is 129 Å². The summed E-state index contributed by atoms with van der Waals surface area (Å²) in [6.07, 6.45) is 0.542. The first-order valence-corrected chi connectivity index (χ1v) is 14.2. The minimum atomic E-state index is -0.668. The van der Waals surface area contributed by atoms with Crippen molar-refractivity contribution in [3.05, 3.63) is 31.8 Å². The van der Waals surface area contributed by atoms with Crippen molar-refractivity contribution in [2.24, 2.45) is 5.73 Å². The number of hydrogen-bond donors (Lipinski definition) is 2. The summed E-state index contributed by atoms with van der Waals surface area (Å²) in [5.41, 5.74) is 8.33. The maximum Gasteiger partial charge on any atom is 0.341 e. The monoisotopic (exact) mass is 549 g/mol. The highest BCUT2D eigenvalue weighted by atomic mass is 32.2. The van der Waals surface area contributed by atoms with Crippen LogP contribution in [0.1, 0.15) is 76.7 Å². The van der Waals surface area contributed by atoms with Gasteiger partial charge in [-0.1, -0.05) is 18.7 Å². The zero-order valence-electron chi connectivity index (χ0n) is 21.4. The molecule has 0 radical (unpaired) electrons. The van der Waals surface area contributed by atoms with E-state index in [1.165, 1.54) is 22.2 Å². The predicted octanol–water partition coefficient (Wildman–Crippen LogP) is 5.22. The van der Waals surface area contributed by atoms with Crippen molar-refractivity contribution < 1.29 is 19.1 Å². The van der Waals surface area contributed by atoms with Crippen LogP contribution in [0.25, 0.3) is 11.4 Å². The van der Waals surface area contributed by atoms with Gasteiger partial charge in [-0.15, -0.1) is 32.9 Å². The highest BCUT2D eigenvalue weighted by Crippen LogP contribution is 2.36. The Morgan fingerprint density at radius 3 is 2.47 bits per heavy atom. The van der Waals surface area contributed by atoms with E-state index in [-0.39, 0.29) is 39.2 Å². The first-order valence-electron chi connectivity index (χ1n) is 11.5. The number of nitrogens with two attached hydrogens (primary N) is 1. The van der Waals surface area contributed by atoms with E-state index in [1.807, 2.05) is 18.4 Å². The number of rotatable bonds is 10. The van der Waals surface area contributed by atoms with Crippen molar-refractivity contribution in [1.82, 2.24) is 14.8 Å². The molecule has 12 heteroatoms. The van der Waals surface area contributed by atoms with Gasteiger partial charge in [0.25, 0.3) is 5.91 Å². The largest absolute Gasteiger partial charge is 0.459 e. The van der Waals surface area contributed by atoms with E-state index >= 15 is 0 Å². The molecular formula is C24H31N5O4S3. The Kier molecular flexibility index (Phi) is 8.96. The van der Waals surface area contributed by atoms with E-state index in [1.54, 1.807) is 32.1 Å². The molecule has 3 aromatic heterocycles. The van der Waals surface area contributed by atoms with Crippen LogP contribution in [-0.2, 0) is 16.0 Å². The number of nitrogens with one attached hydrogen (secondary N) is 1. The number of aromatic nitrogens is 3. The van der Waals surface area contributed by atoms with Gasteiger partial charge in [-0.05, 0) is 59.1 Å². The number of ether oxygens (including phenoxy) is 1. The third-order valence-corrected chi connectivity index (χ3v) is 8.50. The molecule has 0 aliphatic heterocycles. The van der Waals surface area contributed by atoms with E-state index in [2.05, 4.69) is 34.7 Å². The quantitative estimate of drug-likeness (QED) is 0.262. The summed E-state index contributed by atoms with van der Waals surface area (Å²) in [4.78, 5) is 38.8. The number of primary amides is 1. The van der Waals surface area contributed by atoms with Gasteiger partial charge in [-0.2, -0.15) is 0 Å². The van der Waals surface area contributed by atoms with Crippen LogP contribution in [0.3, 0.4) is 0 Å². The number of carbonyl (C=O) groups excluding carboxylic acids is 3. The molecule has 0 saturated heterocycles. The number of aryl methyl sites for hydroxylation is 1. The molecule has 3 aromatic rings. The molecular weight excluding hydrogens is 518 g/mol. The Morgan fingerprint density at radius 1 is 1.19 bits per heavy atom. The Morgan fingerprint density at radius 2 is 1.89 bits per heavy atom. The molecule has 0 aliphatic rings. The van der Waals surface area contributed by atoms with Crippen LogP contribution in [0.5, 0.6) is 0 Å². The van der Waals surface area contributed by atoms with E-state index < -0.39 is 11.9 Å². The van der Waals surface area contributed by atoms with Crippen molar-refractivity contribution in [2.75, 3.05) is 11.1 Å². The maximum absolute atomic E-state index is 12.9. The fraction of sp³-hybridized carbons (Fsp3) is 0.458. The van der Waals surface area contributed by atoms with Gasteiger partial charge >= 0.3 is 5.97 Å². The number of hydrogen-bond acceptors (Lipinski definition) is 9. The van der Waals surface area contributed by atoms with Gasteiger partial charge in [-0.3, -0.25) is 14.2 Å². The van der Waals surface area contributed by atoms with Crippen LogP contribution < -0.4 is 11.1 Å². The molecule has 0 spiro atoms. The molecule has 36 heavy (non-hydrogen) atoms. The summed E-state index contributed by atoms with van der Waals surface area (Å²) in [5, 5.41) is 14.5. The molecule has 0 bridgehead atoms. The van der Waals surface area contributed by atoms with Gasteiger partial charge in [0.2, 0.25) is 5.91 Å². The van der Waals surface area contributed by atoms with Gasteiger partial charge < -0.3 is 15.8 Å². The van der Waals surface area contributed by atoms with Crippen LogP contribution >= 0.6 is 34.4 Å². The summed E-state index contributed by atoms with van der Waals surface area (Å²) in [7, 11) is 0. The number of nitrogens with zero attached hydrogens (tertiary/aromatic N) is 3. The second-order valence-electron chi connectivity index (χ2n) is 8.72. The van der Waals surface area contributed by atoms with Gasteiger partial charge in [0, 0.05) is 21.9 Å². The van der Waals surface area contributed by atoms with Crippen molar-refractivity contribution in [1.29, 1.82) is 0 Å². The molecule has 0 unspecified atom stereocenters. The molecule has 0 atom stereocenters. The lowest BCUT2D eigenvalue weighted by atomic mass is 10.1. The molecule has 0 aromatic carbocycles. The maximum atomic E-state index is 12.9. The molecule has 0 saturated carbocycles. The van der Waals surface area contributed by atoms with Crippen LogP contribution in [0.15, 0.2) is 10.5 Å². The molecule has 3 heterocycles. The van der Waals surface area contributed by atoms with E-state index in [4.69, 9.17) is 10.5 Å². The molecule has 0 aliphatic carbocycles. The number of thiophene rings is 2. The average molecular weight is 550 g/mol. The fourth-order valence-corrected chi connectivity index (χ4v) is 6.65. The Labute approximate surface area is 222 Å². The van der Waals surface area contributed by atoms with Crippen molar-refractivity contribution in [2.45, 2.75) is 72.2 Å². The van der Waals surface area contributed by atoms with Crippen molar-refractivity contribution in [3.8, 4) is 11.4 Å². The Bertz CT molecular complexity index is 1290. The van der Waals surface area contributed by atoms with Crippen LogP contribution in [0.4, 0.5) is 5.00 Å². The molecule has 194 valence electrons. The van der Waals surface area contributed by atoms with Crippen LogP contribution in [0.2, 0.25) is 0 Å². The lowest BCUT2D eigenvalue weighted by Gasteiger charge is -2.14. The smallest absolute Gasteiger partial charge is 0.341 e. The average Bonchev–Trinajstić information content (AvgIpc) is 3.46. The minimum absolute atomic E-state index is 0.0374. The number of thioether (sulfide) groups is 1. The van der Waals surface area contributed by atoms with Gasteiger partial charge in [0.05, 0.1) is 22.3 Å². The van der Waals surface area contributed by atoms with Gasteiger partial charge in [0.15, 0.2) is 11.0 Å². The number of anilines is 1. The number of carbonyl (C=O) groups is 3. The van der Waals surface area contributed by atoms with Crippen LogP contribution in [-0.4, -0.2) is 44.4 Å². The summed E-state index contributed by atoms with van der Waals surface area (Å²) in [6, 6.07) is 0.0842. The van der Waals surface area contributed by atoms with Gasteiger partial charge in [0.1, 0.15) is 5.00 Å². The normalized spacial score (nSPS) is 11.4. The van der Waals surface area contributed by atoms with E-state index in [0.29, 0.717) is 10.7 Å². The zero-order chi connectivity index (χ0) is 26.7. The van der Waals surface area contributed by atoms with Crippen molar-refractivity contribution >= 4 is 57.2 Å². The summed E-state index contributed by atoms with van der Waals surface area (Å²) >= 11 is 3.92. The number of amides is 2. The number of esters is 1. The van der Waals surface area contributed by atoms with E-state index in [9.17, 15) is 14.4 Å². The van der Waals surface area contributed by atoms with Crippen molar-refractivity contribution in [3.63, 3.8) is 0 Å². The lowest BCUT2D eigenvalue weighted by molar-refractivity contribution is -0.113. The van der Waals surface area contributed by atoms with Crippen LogP contribution in [0, 0.1) is 13.8 Å². The zero-order valence-corrected chi connectivity index (χ0v) is 23.9. The summed E-state index contributed by atoms with van der Waals surface area (Å²) in [5.74, 6) is -0.811. The molecule has 2 amide bonds. The fourth-order valence-electron chi connectivity index (χ4n) is 3.78. The highest BCUT2D eigenvalue weighted by Gasteiger charge is 2.27. The second kappa shape index (κ2) is 11.6. The predicted molar refractivity (Wildman–Crippen MR) is 145 cm³/mol. The SMILES string of the molecule is CCc1c(-c2nnc(SCC(=O)Nc3sc(C(N)=O)c(C)c3C(=O)OC(C)C)n2C(C)C)csc1C. The first kappa shape index (κ1) is 27.9. The Hall–Kier alpha value is -2.70. The van der Waals surface area contributed by atoms with Gasteiger partial charge in [-0.25, -0.2) is 4.79 Å². The standard InChI is InChI=1S/C24H31N5O4S3/c1-8-15-14(7)34-9-16(15)21-27-28-24(29(21)11(2)3)35-10-17(30)26-22-18(23(32)33-12(4)5)13(6)19(36-22)20(25)31/h9,11-12H,8,10H2,1-7H3,(H2,25,31)(H,26,30). The molecule has 0 fully saturated rings. The third-order valence-electron chi connectivity index (χ3n) is 5.38. The lowest BCUT2D eigenvalue weighted by Crippen LogP contribution is -2.18. The summed E-state index contributed by atoms with van der Waals surface area (Å²) in [6.45, 7) is 13.4. The first-order chi connectivity index (χ1) is 17.0. The molecule has 3 N–H and O–H groups in total. The minimum Gasteiger partial charge on any atom is -0.459 e. The third kappa shape index (κ3) is 5.81. The second-order valence-corrected chi connectivity index (χ2v) is 11.8. The Balaban J connectivity index is 1.83. The molecule has 9 nitrogen and oxygen atoms in total.